The van der Waals surface area contributed by atoms with Crippen LogP contribution in [0, 0.1) is 36.8 Å². The standard InChI is InChI=1S/C25H17F5N6O2/c1-11-5-16-17(7-20(23(32)37)33-19(16)8-18(11)27)24(38)34-21-12(2)36(35-22(21)25(28,29)30)10-14-6-15(26)4-3-13(14)9-31/h3-8H,10H2,1-2H3,(H2,32,37)(H,34,38). The SMILES string of the molecule is Cc1cc2c(C(=O)Nc3c(C(F)(F)F)nn(Cc4cc(F)ccc4C#N)c3C)cc(C(N)=O)nc2cc1F. The number of halogens is 5. The lowest BCUT2D eigenvalue weighted by Crippen LogP contribution is -2.19. The van der Waals surface area contributed by atoms with Crippen LogP contribution in [0.2, 0.25) is 0 Å². The minimum atomic E-state index is -5.00. The predicted octanol–water partition coefficient (Wildman–Crippen LogP) is 4.62. The molecule has 2 aromatic carbocycles. The highest BCUT2D eigenvalue weighted by atomic mass is 19.4. The van der Waals surface area contributed by atoms with E-state index in [4.69, 9.17) is 5.73 Å². The average molecular weight is 528 g/mol. The maximum atomic E-state index is 14.1. The number of hydrogen-bond donors (Lipinski definition) is 2. The molecule has 194 valence electrons. The van der Waals surface area contributed by atoms with Crippen LogP contribution >= 0.6 is 0 Å². The van der Waals surface area contributed by atoms with Gasteiger partial charge in [0.25, 0.3) is 11.8 Å². The molecule has 8 nitrogen and oxygen atoms in total. The summed E-state index contributed by atoms with van der Waals surface area (Å²) in [6.45, 7) is 2.27. The summed E-state index contributed by atoms with van der Waals surface area (Å²) >= 11 is 0. The number of benzene rings is 2. The summed E-state index contributed by atoms with van der Waals surface area (Å²) in [5, 5.41) is 15.1. The van der Waals surface area contributed by atoms with Crippen LogP contribution in [0.4, 0.5) is 27.6 Å². The summed E-state index contributed by atoms with van der Waals surface area (Å²) in [5.74, 6) is -3.48. The lowest BCUT2D eigenvalue weighted by Gasteiger charge is -2.12. The highest BCUT2D eigenvalue weighted by molar-refractivity contribution is 6.14. The Hall–Kier alpha value is -4.86. The van der Waals surface area contributed by atoms with Crippen molar-refractivity contribution in [1.82, 2.24) is 14.8 Å². The molecule has 2 aromatic heterocycles. The summed E-state index contributed by atoms with van der Waals surface area (Å²) in [4.78, 5) is 28.9. The molecule has 0 bridgehead atoms. The van der Waals surface area contributed by atoms with Gasteiger partial charge in [0.15, 0.2) is 5.69 Å². The zero-order valence-corrected chi connectivity index (χ0v) is 19.7. The van der Waals surface area contributed by atoms with Crippen LogP contribution in [0.3, 0.4) is 0 Å². The molecule has 38 heavy (non-hydrogen) atoms. The molecule has 0 aliphatic carbocycles. The molecule has 0 unspecified atom stereocenters. The van der Waals surface area contributed by atoms with E-state index in [0.29, 0.717) is 0 Å². The van der Waals surface area contributed by atoms with Crippen LogP contribution in [0.15, 0.2) is 36.4 Å². The second-order valence-electron chi connectivity index (χ2n) is 8.37. The fourth-order valence-electron chi connectivity index (χ4n) is 3.86. The molecule has 4 aromatic rings. The van der Waals surface area contributed by atoms with E-state index in [-0.39, 0.29) is 38.9 Å². The lowest BCUT2D eigenvalue weighted by atomic mass is 10.0. The molecule has 0 aliphatic heterocycles. The second kappa shape index (κ2) is 9.55. The van der Waals surface area contributed by atoms with Crippen molar-refractivity contribution in [1.29, 1.82) is 5.26 Å². The number of primary amides is 1. The summed E-state index contributed by atoms with van der Waals surface area (Å²) < 4.78 is 70.5. The summed E-state index contributed by atoms with van der Waals surface area (Å²) in [6.07, 6.45) is -5.00. The van der Waals surface area contributed by atoms with Crippen molar-refractivity contribution in [2.45, 2.75) is 26.6 Å². The van der Waals surface area contributed by atoms with Crippen molar-refractivity contribution in [2.75, 3.05) is 5.32 Å². The van der Waals surface area contributed by atoms with Crippen molar-refractivity contribution >= 4 is 28.4 Å². The zero-order chi connectivity index (χ0) is 27.9. The first-order valence-corrected chi connectivity index (χ1v) is 10.8. The zero-order valence-electron chi connectivity index (χ0n) is 19.7. The van der Waals surface area contributed by atoms with E-state index < -0.39 is 53.2 Å². The molecule has 0 atom stereocenters. The largest absolute Gasteiger partial charge is 0.437 e. The number of carbonyl (C=O) groups is 2. The minimum absolute atomic E-state index is 0.0327. The van der Waals surface area contributed by atoms with Gasteiger partial charge in [-0.2, -0.15) is 23.5 Å². The summed E-state index contributed by atoms with van der Waals surface area (Å²) in [6, 6.07) is 8.31. The summed E-state index contributed by atoms with van der Waals surface area (Å²) in [7, 11) is 0. The highest BCUT2D eigenvalue weighted by Gasteiger charge is 2.39. The number of rotatable bonds is 5. The number of nitrogens with one attached hydrogen (secondary N) is 1. The Morgan fingerprint density at radius 2 is 1.84 bits per heavy atom. The molecule has 0 saturated heterocycles. The third-order valence-corrected chi connectivity index (χ3v) is 5.81. The number of nitrogens with two attached hydrogens (primary N) is 1. The molecule has 0 fully saturated rings. The smallest absolute Gasteiger partial charge is 0.364 e. The normalized spacial score (nSPS) is 11.4. The van der Waals surface area contributed by atoms with Crippen LogP contribution in [0.25, 0.3) is 10.9 Å². The van der Waals surface area contributed by atoms with Crippen molar-refractivity contribution in [3.63, 3.8) is 0 Å². The van der Waals surface area contributed by atoms with Crippen LogP contribution < -0.4 is 11.1 Å². The van der Waals surface area contributed by atoms with E-state index in [2.05, 4.69) is 15.4 Å². The molecule has 0 radical (unpaired) electrons. The fraction of sp³-hybridized carbons (Fsp3) is 0.160. The Bertz CT molecular complexity index is 1670. The van der Waals surface area contributed by atoms with E-state index in [1.165, 1.54) is 26.0 Å². The molecule has 4 rings (SSSR count). The van der Waals surface area contributed by atoms with Gasteiger partial charge >= 0.3 is 6.18 Å². The predicted molar refractivity (Wildman–Crippen MR) is 125 cm³/mol. The first kappa shape index (κ1) is 26.2. The number of nitriles is 1. The van der Waals surface area contributed by atoms with Gasteiger partial charge in [0.2, 0.25) is 0 Å². The summed E-state index contributed by atoms with van der Waals surface area (Å²) in [5.41, 5.74) is 2.46. The van der Waals surface area contributed by atoms with Gasteiger partial charge < -0.3 is 11.1 Å². The molecular formula is C25H17F5N6O2. The molecule has 2 amide bonds. The van der Waals surface area contributed by atoms with E-state index >= 15 is 0 Å². The van der Waals surface area contributed by atoms with Crippen LogP contribution in [0.1, 0.15) is 48.9 Å². The van der Waals surface area contributed by atoms with Crippen LogP contribution in [0.5, 0.6) is 0 Å². The van der Waals surface area contributed by atoms with E-state index in [1.807, 2.05) is 6.07 Å². The molecule has 0 aliphatic rings. The maximum Gasteiger partial charge on any atom is 0.437 e. The monoisotopic (exact) mass is 528 g/mol. The maximum absolute atomic E-state index is 14.1. The van der Waals surface area contributed by atoms with Crippen molar-refractivity contribution < 1.29 is 31.5 Å². The van der Waals surface area contributed by atoms with Gasteiger partial charge in [-0.3, -0.25) is 14.3 Å². The second-order valence-corrected chi connectivity index (χ2v) is 8.37. The van der Waals surface area contributed by atoms with Gasteiger partial charge in [0, 0.05) is 11.5 Å². The lowest BCUT2D eigenvalue weighted by molar-refractivity contribution is -0.140. The molecule has 3 N–H and O–H groups in total. The Kier molecular flexibility index (Phi) is 6.58. The van der Waals surface area contributed by atoms with Crippen molar-refractivity contribution in [3.05, 3.63) is 87.4 Å². The molecular weight excluding hydrogens is 511 g/mol. The Labute approximate surface area is 211 Å². The number of carbonyl (C=O) groups excluding carboxylic acids is 2. The van der Waals surface area contributed by atoms with E-state index in [0.717, 1.165) is 28.9 Å². The number of anilines is 1. The van der Waals surface area contributed by atoms with Gasteiger partial charge in [0.05, 0.1) is 40.6 Å². The van der Waals surface area contributed by atoms with E-state index in [1.54, 1.807) is 0 Å². The number of pyridine rings is 1. The third kappa shape index (κ3) is 4.88. The van der Waals surface area contributed by atoms with Gasteiger partial charge in [-0.05, 0) is 55.3 Å². The van der Waals surface area contributed by atoms with Crippen LogP contribution in [-0.4, -0.2) is 26.6 Å². The number of nitrogens with zero attached hydrogens (tertiary/aromatic N) is 4. The molecule has 2 heterocycles. The van der Waals surface area contributed by atoms with Gasteiger partial charge in [0.1, 0.15) is 17.3 Å². The van der Waals surface area contributed by atoms with Crippen molar-refractivity contribution in [2.24, 2.45) is 5.73 Å². The quantitative estimate of drug-likeness (QED) is 0.366. The number of alkyl halides is 3. The Balaban J connectivity index is 1.83. The topological polar surface area (TPSA) is 127 Å². The highest BCUT2D eigenvalue weighted by Crippen LogP contribution is 2.37. The molecule has 13 heteroatoms. The first-order chi connectivity index (χ1) is 17.8. The number of amides is 2. The average Bonchev–Trinajstić information content (AvgIpc) is 3.14. The van der Waals surface area contributed by atoms with Gasteiger partial charge in [-0.25, -0.2) is 13.8 Å². The molecule has 0 spiro atoms. The third-order valence-electron chi connectivity index (χ3n) is 5.81. The van der Waals surface area contributed by atoms with Crippen molar-refractivity contribution in [3.8, 4) is 6.07 Å². The number of hydrogen-bond acceptors (Lipinski definition) is 5. The number of aryl methyl sites for hydroxylation is 1. The Morgan fingerprint density at radius 1 is 1.13 bits per heavy atom. The van der Waals surface area contributed by atoms with E-state index in [9.17, 15) is 36.8 Å². The Morgan fingerprint density at radius 3 is 2.47 bits per heavy atom. The van der Waals surface area contributed by atoms with Gasteiger partial charge in [-0.1, -0.05) is 0 Å². The van der Waals surface area contributed by atoms with Crippen LogP contribution in [-0.2, 0) is 12.7 Å². The minimum Gasteiger partial charge on any atom is -0.364 e. The first-order valence-electron chi connectivity index (χ1n) is 10.8. The van der Waals surface area contributed by atoms with Gasteiger partial charge in [-0.15, -0.1) is 0 Å². The molecule has 0 saturated carbocycles. The number of aromatic nitrogens is 3. The number of fused-ring (bicyclic) bond motifs is 1. The fourth-order valence-corrected chi connectivity index (χ4v) is 3.86.